The number of rotatable bonds is 3. The number of aromatic hydroxyl groups is 2. The van der Waals surface area contributed by atoms with E-state index in [9.17, 15) is 15.0 Å². The fourth-order valence-corrected chi connectivity index (χ4v) is 1.83. The van der Waals surface area contributed by atoms with E-state index in [0.29, 0.717) is 5.76 Å². The van der Waals surface area contributed by atoms with Gasteiger partial charge in [0.25, 0.3) is 0 Å². The molecule has 1 heterocycles. The Morgan fingerprint density at radius 1 is 1.33 bits per heavy atom. The maximum atomic E-state index is 11.9. The van der Waals surface area contributed by atoms with Crippen molar-refractivity contribution >= 4 is 27.8 Å². The lowest BCUT2D eigenvalue weighted by Crippen LogP contribution is -1.95. The lowest BCUT2D eigenvalue weighted by atomic mass is 10.1. The van der Waals surface area contributed by atoms with Crippen molar-refractivity contribution in [3.8, 4) is 11.5 Å². The molecule has 0 saturated carbocycles. The maximum absolute atomic E-state index is 11.9. The highest BCUT2D eigenvalue weighted by atomic mass is 79.9. The van der Waals surface area contributed by atoms with E-state index in [0.717, 1.165) is 6.07 Å². The molecular formula is C13H9BrO4. The molecule has 0 spiro atoms. The van der Waals surface area contributed by atoms with Gasteiger partial charge < -0.3 is 14.6 Å². The number of hydrogen-bond donors (Lipinski definition) is 2. The van der Waals surface area contributed by atoms with E-state index in [1.54, 1.807) is 12.1 Å². The molecule has 1 aromatic carbocycles. The molecule has 0 amide bonds. The molecule has 0 saturated heterocycles. The molecule has 18 heavy (non-hydrogen) atoms. The second-order valence-corrected chi connectivity index (χ2v) is 4.33. The summed E-state index contributed by atoms with van der Waals surface area (Å²) in [6.45, 7) is 0. The molecular weight excluding hydrogens is 300 g/mol. The van der Waals surface area contributed by atoms with Crippen molar-refractivity contribution < 1.29 is 19.4 Å². The zero-order valence-corrected chi connectivity index (χ0v) is 10.7. The van der Waals surface area contributed by atoms with Gasteiger partial charge in [-0.2, -0.15) is 0 Å². The molecule has 2 rings (SSSR count). The first-order valence-corrected chi connectivity index (χ1v) is 5.84. The SMILES string of the molecule is O=C(/C=C/c1ccco1)c1cc(O)cc(O)c1Br. The summed E-state index contributed by atoms with van der Waals surface area (Å²) in [5, 5.41) is 18.8. The average Bonchev–Trinajstić information content (AvgIpc) is 2.83. The van der Waals surface area contributed by atoms with Crippen LogP contribution in [0.3, 0.4) is 0 Å². The predicted octanol–water partition coefficient (Wildman–Crippen LogP) is 3.35. The quantitative estimate of drug-likeness (QED) is 0.674. The number of furan rings is 1. The van der Waals surface area contributed by atoms with Gasteiger partial charge in [0.15, 0.2) is 5.78 Å². The Morgan fingerprint density at radius 2 is 2.11 bits per heavy atom. The summed E-state index contributed by atoms with van der Waals surface area (Å²) >= 11 is 3.09. The molecule has 2 aromatic rings. The van der Waals surface area contributed by atoms with Gasteiger partial charge in [0.05, 0.1) is 10.7 Å². The van der Waals surface area contributed by atoms with Gasteiger partial charge in [-0.3, -0.25) is 4.79 Å². The second-order valence-electron chi connectivity index (χ2n) is 3.54. The van der Waals surface area contributed by atoms with E-state index in [2.05, 4.69) is 15.9 Å². The number of hydrogen-bond acceptors (Lipinski definition) is 4. The minimum absolute atomic E-state index is 0.176. The highest BCUT2D eigenvalue weighted by molar-refractivity contribution is 9.10. The number of halogens is 1. The number of phenolic OH excluding ortho intramolecular Hbond substituents is 2. The minimum Gasteiger partial charge on any atom is -0.508 e. The standard InChI is InChI=1S/C13H9BrO4/c14-13-10(6-8(15)7-12(13)17)11(16)4-3-9-2-1-5-18-9/h1-7,15,17H/b4-3+. The zero-order chi connectivity index (χ0) is 13.1. The van der Waals surface area contributed by atoms with Crippen molar-refractivity contribution in [2.75, 3.05) is 0 Å². The molecule has 0 unspecified atom stereocenters. The van der Waals surface area contributed by atoms with Crippen molar-refractivity contribution in [3.05, 3.63) is 52.4 Å². The monoisotopic (exact) mass is 308 g/mol. The first-order valence-electron chi connectivity index (χ1n) is 5.05. The van der Waals surface area contributed by atoms with Gasteiger partial charge in [-0.25, -0.2) is 0 Å². The molecule has 0 fully saturated rings. The Labute approximate surface area is 111 Å². The summed E-state index contributed by atoms with van der Waals surface area (Å²) in [7, 11) is 0. The predicted molar refractivity (Wildman–Crippen MR) is 69.5 cm³/mol. The van der Waals surface area contributed by atoms with Crippen LogP contribution in [-0.4, -0.2) is 16.0 Å². The van der Waals surface area contributed by atoms with Crippen LogP contribution in [0.5, 0.6) is 11.5 Å². The number of ketones is 1. The molecule has 0 aliphatic carbocycles. The summed E-state index contributed by atoms with van der Waals surface area (Å²) in [5.74, 6) is -0.177. The largest absolute Gasteiger partial charge is 0.508 e. The summed E-state index contributed by atoms with van der Waals surface area (Å²) in [6, 6.07) is 5.84. The summed E-state index contributed by atoms with van der Waals surface area (Å²) in [5.41, 5.74) is 0.176. The number of carbonyl (C=O) groups excluding carboxylic acids is 1. The molecule has 2 N–H and O–H groups in total. The van der Waals surface area contributed by atoms with Gasteiger partial charge in [0.1, 0.15) is 17.3 Å². The summed E-state index contributed by atoms with van der Waals surface area (Å²) in [6.07, 6.45) is 4.31. The molecule has 0 radical (unpaired) electrons. The first-order chi connectivity index (χ1) is 8.58. The van der Waals surface area contributed by atoms with Crippen LogP contribution in [-0.2, 0) is 0 Å². The first kappa shape index (κ1) is 12.4. The molecule has 92 valence electrons. The normalized spacial score (nSPS) is 10.9. The average molecular weight is 309 g/mol. The van der Waals surface area contributed by atoms with E-state index in [4.69, 9.17) is 4.42 Å². The Kier molecular flexibility index (Phi) is 3.53. The molecule has 0 atom stereocenters. The lowest BCUT2D eigenvalue weighted by molar-refractivity contribution is 0.104. The topological polar surface area (TPSA) is 70.7 Å². The van der Waals surface area contributed by atoms with Crippen molar-refractivity contribution in [2.24, 2.45) is 0 Å². The van der Waals surface area contributed by atoms with Crippen LogP contribution < -0.4 is 0 Å². The second kappa shape index (κ2) is 5.10. The van der Waals surface area contributed by atoms with Crippen LogP contribution in [0, 0.1) is 0 Å². The van der Waals surface area contributed by atoms with E-state index >= 15 is 0 Å². The third kappa shape index (κ3) is 2.62. The molecule has 1 aromatic heterocycles. The van der Waals surface area contributed by atoms with Crippen LogP contribution in [0.15, 0.2) is 45.5 Å². The van der Waals surface area contributed by atoms with Crippen LogP contribution in [0.25, 0.3) is 6.08 Å². The van der Waals surface area contributed by atoms with E-state index < -0.39 is 0 Å². The third-order valence-corrected chi connectivity index (χ3v) is 3.08. The fraction of sp³-hybridized carbons (Fsp3) is 0. The van der Waals surface area contributed by atoms with Gasteiger partial charge in [-0.1, -0.05) is 0 Å². The van der Waals surface area contributed by atoms with Gasteiger partial charge in [0.2, 0.25) is 0 Å². The molecule has 5 heteroatoms. The number of carbonyl (C=O) groups is 1. The van der Waals surface area contributed by atoms with Crippen molar-refractivity contribution in [1.82, 2.24) is 0 Å². The number of benzene rings is 1. The Morgan fingerprint density at radius 3 is 2.78 bits per heavy atom. The summed E-state index contributed by atoms with van der Waals surface area (Å²) in [4.78, 5) is 11.9. The number of phenols is 2. The Balaban J connectivity index is 2.29. The van der Waals surface area contributed by atoms with Crippen molar-refractivity contribution in [1.29, 1.82) is 0 Å². The van der Waals surface area contributed by atoms with E-state index in [1.165, 1.54) is 24.5 Å². The van der Waals surface area contributed by atoms with Gasteiger partial charge in [-0.05, 0) is 46.3 Å². The highest BCUT2D eigenvalue weighted by Gasteiger charge is 2.12. The lowest BCUT2D eigenvalue weighted by Gasteiger charge is -2.03. The molecule has 4 nitrogen and oxygen atoms in total. The van der Waals surface area contributed by atoms with Crippen molar-refractivity contribution in [2.45, 2.75) is 0 Å². The van der Waals surface area contributed by atoms with E-state index in [1.807, 2.05) is 0 Å². The van der Waals surface area contributed by atoms with E-state index in [-0.39, 0.29) is 27.3 Å². The van der Waals surface area contributed by atoms with Crippen LogP contribution >= 0.6 is 15.9 Å². The molecule has 0 aliphatic rings. The summed E-state index contributed by atoms with van der Waals surface area (Å²) < 4.78 is 5.29. The maximum Gasteiger partial charge on any atom is 0.187 e. The van der Waals surface area contributed by atoms with Gasteiger partial charge >= 0.3 is 0 Å². The van der Waals surface area contributed by atoms with Crippen molar-refractivity contribution in [3.63, 3.8) is 0 Å². The number of allylic oxidation sites excluding steroid dienone is 1. The minimum atomic E-state index is -0.357. The zero-order valence-electron chi connectivity index (χ0n) is 9.13. The van der Waals surface area contributed by atoms with Crippen LogP contribution in [0.1, 0.15) is 16.1 Å². The smallest absolute Gasteiger partial charge is 0.187 e. The fourth-order valence-electron chi connectivity index (χ4n) is 1.41. The van der Waals surface area contributed by atoms with Crippen LogP contribution in [0.2, 0.25) is 0 Å². The molecule has 0 aliphatic heterocycles. The highest BCUT2D eigenvalue weighted by Crippen LogP contribution is 2.32. The van der Waals surface area contributed by atoms with Gasteiger partial charge in [-0.15, -0.1) is 0 Å². The third-order valence-electron chi connectivity index (χ3n) is 2.25. The molecule has 0 bridgehead atoms. The van der Waals surface area contributed by atoms with Gasteiger partial charge in [0, 0.05) is 11.6 Å². The Hall–Kier alpha value is -2.01. The van der Waals surface area contributed by atoms with Crippen LogP contribution in [0.4, 0.5) is 0 Å². The Bertz CT molecular complexity index is 600.